The molecule has 0 bridgehead atoms. The molecule has 1 aliphatic carbocycles. The van der Waals surface area contributed by atoms with Gasteiger partial charge in [-0.1, -0.05) is 31.4 Å². The molecule has 0 radical (unpaired) electrons. The average Bonchev–Trinajstić information content (AvgIpc) is 2.38. The van der Waals surface area contributed by atoms with Crippen LogP contribution in [0.25, 0.3) is 0 Å². The molecule has 0 heterocycles. The molecule has 1 aliphatic rings. The number of primary amides is 1. The van der Waals surface area contributed by atoms with Crippen molar-refractivity contribution in [3.63, 3.8) is 0 Å². The summed E-state index contributed by atoms with van der Waals surface area (Å²) in [4.78, 5) is 11.2. The first-order valence-electron chi connectivity index (χ1n) is 6.29. The Morgan fingerprint density at radius 3 is 2.65 bits per heavy atom. The van der Waals surface area contributed by atoms with Crippen LogP contribution in [0.1, 0.15) is 42.5 Å². The molecular weight excluding hydrogens is 214 g/mol. The molecule has 0 aliphatic heterocycles. The fourth-order valence-electron chi connectivity index (χ4n) is 2.36. The second-order valence-corrected chi connectivity index (χ2v) is 4.68. The number of ether oxygens (including phenoxy) is 1. The topological polar surface area (TPSA) is 52.3 Å². The summed E-state index contributed by atoms with van der Waals surface area (Å²) in [5.41, 5.74) is 5.78. The largest absolute Gasteiger partial charge is 0.492 e. The van der Waals surface area contributed by atoms with Crippen LogP contribution in [0.4, 0.5) is 0 Å². The lowest BCUT2D eigenvalue weighted by Crippen LogP contribution is -2.18. The Morgan fingerprint density at radius 2 is 1.94 bits per heavy atom. The molecule has 0 unspecified atom stereocenters. The van der Waals surface area contributed by atoms with Crippen molar-refractivity contribution in [3.8, 4) is 5.75 Å². The minimum atomic E-state index is -0.427. The number of carbonyl (C=O) groups is 1. The van der Waals surface area contributed by atoms with Gasteiger partial charge < -0.3 is 10.5 Å². The van der Waals surface area contributed by atoms with E-state index >= 15 is 0 Å². The van der Waals surface area contributed by atoms with E-state index in [0.29, 0.717) is 23.8 Å². The highest BCUT2D eigenvalue weighted by Gasteiger charge is 2.15. The van der Waals surface area contributed by atoms with E-state index in [1.54, 1.807) is 12.1 Å². The molecule has 1 fully saturated rings. The molecule has 0 aromatic heterocycles. The van der Waals surface area contributed by atoms with Crippen LogP contribution in [-0.4, -0.2) is 12.5 Å². The molecule has 2 N–H and O–H groups in total. The van der Waals surface area contributed by atoms with E-state index in [2.05, 4.69) is 0 Å². The fraction of sp³-hybridized carbons (Fsp3) is 0.500. The highest BCUT2D eigenvalue weighted by atomic mass is 16.5. The highest BCUT2D eigenvalue weighted by Crippen LogP contribution is 2.25. The standard InChI is InChI=1S/C14H19NO2/c15-14(16)12-8-4-5-9-13(12)17-10-11-6-2-1-3-7-11/h4-5,8-9,11H,1-3,6-7,10H2,(H2,15,16). The molecular formula is C14H19NO2. The maximum Gasteiger partial charge on any atom is 0.252 e. The SMILES string of the molecule is NC(=O)c1ccccc1OCC1CCCCC1. The summed E-state index contributed by atoms with van der Waals surface area (Å²) < 4.78 is 5.74. The van der Waals surface area contributed by atoms with E-state index in [-0.39, 0.29) is 0 Å². The van der Waals surface area contributed by atoms with Gasteiger partial charge in [-0.2, -0.15) is 0 Å². The molecule has 1 amide bonds. The number of carbonyl (C=O) groups excluding carboxylic acids is 1. The number of amides is 1. The molecule has 0 atom stereocenters. The van der Waals surface area contributed by atoms with Gasteiger partial charge in [-0.05, 0) is 30.9 Å². The van der Waals surface area contributed by atoms with E-state index in [4.69, 9.17) is 10.5 Å². The van der Waals surface area contributed by atoms with Gasteiger partial charge >= 0.3 is 0 Å². The van der Waals surface area contributed by atoms with Crippen molar-refractivity contribution in [2.24, 2.45) is 11.7 Å². The second kappa shape index (κ2) is 5.71. The summed E-state index contributed by atoms with van der Waals surface area (Å²) in [5.74, 6) is 0.819. The summed E-state index contributed by atoms with van der Waals surface area (Å²) in [6.45, 7) is 0.699. The first kappa shape index (κ1) is 12.0. The van der Waals surface area contributed by atoms with Crippen LogP contribution in [0.3, 0.4) is 0 Å². The van der Waals surface area contributed by atoms with E-state index in [0.717, 1.165) is 0 Å². The van der Waals surface area contributed by atoms with Gasteiger partial charge in [0.1, 0.15) is 5.75 Å². The van der Waals surface area contributed by atoms with Crippen LogP contribution in [-0.2, 0) is 0 Å². The number of nitrogens with two attached hydrogens (primary N) is 1. The Kier molecular flexibility index (Phi) is 4.02. The molecule has 0 saturated heterocycles. The van der Waals surface area contributed by atoms with Gasteiger partial charge in [-0.15, -0.1) is 0 Å². The maximum atomic E-state index is 11.2. The van der Waals surface area contributed by atoms with Crippen molar-refractivity contribution in [2.75, 3.05) is 6.61 Å². The fourth-order valence-corrected chi connectivity index (χ4v) is 2.36. The lowest BCUT2D eigenvalue weighted by Gasteiger charge is -2.22. The number of hydrogen-bond acceptors (Lipinski definition) is 2. The molecule has 1 aromatic carbocycles. The van der Waals surface area contributed by atoms with Crippen molar-refractivity contribution >= 4 is 5.91 Å². The van der Waals surface area contributed by atoms with Gasteiger partial charge in [-0.25, -0.2) is 0 Å². The predicted molar refractivity (Wildman–Crippen MR) is 67.0 cm³/mol. The van der Waals surface area contributed by atoms with Gasteiger partial charge in [0.2, 0.25) is 0 Å². The average molecular weight is 233 g/mol. The first-order valence-corrected chi connectivity index (χ1v) is 6.29. The Hall–Kier alpha value is -1.51. The van der Waals surface area contributed by atoms with Crippen molar-refractivity contribution in [1.29, 1.82) is 0 Å². The zero-order valence-corrected chi connectivity index (χ0v) is 10.0. The van der Waals surface area contributed by atoms with Crippen LogP contribution < -0.4 is 10.5 Å². The van der Waals surface area contributed by atoms with Gasteiger partial charge in [0.15, 0.2) is 0 Å². The summed E-state index contributed by atoms with van der Waals surface area (Å²) >= 11 is 0. The normalized spacial score (nSPS) is 16.7. The highest BCUT2D eigenvalue weighted by molar-refractivity contribution is 5.95. The Balaban J connectivity index is 1.96. The zero-order valence-electron chi connectivity index (χ0n) is 10.0. The molecule has 17 heavy (non-hydrogen) atoms. The molecule has 3 nitrogen and oxygen atoms in total. The van der Waals surface area contributed by atoms with Crippen LogP contribution in [0.5, 0.6) is 5.75 Å². The predicted octanol–water partition coefficient (Wildman–Crippen LogP) is 2.74. The van der Waals surface area contributed by atoms with E-state index < -0.39 is 5.91 Å². The van der Waals surface area contributed by atoms with Crippen molar-refractivity contribution in [3.05, 3.63) is 29.8 Å². The van der Waals surface area contributed by atoms with Crippen LogP contribution >= 0.6 is 0 Å². The van der Waals surface area contributed by atoms with Crippen LogP contribution in [0.2, 0.25) is 0 Å². The summed E-state index contributed by atoms with van der Waals surface area (Å²) in [7, 11) is 0. The number of benzene rings is 1. The molecule has 1 aromatic rings. The maximum absolute atomic E-state index is 11.2. The number of hydrogen-bond donors (Lipinski definition) is 1. The van der Waals surface area contributed by atoms with Gasteiger partial charge in [0.05, 0.1) is 12.2 Å². The lowest BCUT2D eigenvalue weighted by molar-refractivity contribution is 0.0994. The zero-order chi connectivity index (χ0) is 12.1. The molecule has 1 saturated carbocycles. The third-order valence-electron chi connectivity index (χ3n) is 3.35. The van der Waals surface area contributed by atoms with Gasteiger partial charge in [-0.3, -0.25) is 4.79 Å². The number of para-hydroxylation sites is 1. The minimum absolute atomic E-state index is 0.427. The van der Waals surface area contributed by atoms with E-state index in [1.807, 2.05) is 12.1 Å². The van der Waals surface area contributed by atoms with Crippen LogP contribution in [0.15, 0.2) is 24.3 Å². The minimum Gasteiger partial charge on any atom is -0.492 e. The Bertz CT molecular complexity index is 384. The number of rotatable bonds is 4. The summed E-state index contributed by atoms with van der Waals surface area (Å²) in [5, 5.41) is 0. The first-order chi connectivity index (χ1) is 8.27. The summed E-state index contributed by atoms with van der Waals surface area (Å²) in [6, 6.07) is 7.18. The van der Waals surface area contributed by atoms with Crippen molar-refractivity contribution in [2.45, 2.75) is 32.1 Å². The lowest BCUT2D eigenvalue weighted by atomic mass is 9.90. The smallest absolute Gasteiger partial charge is 0.252 e. The van der Waals surface area contributed by atoms with Crippen LogP contribution in [0, 0.1) is 5.92 Å². The second-order valence-electron chi connectivity index (χ2n) is 4.68. The van der Waals surface area contributed by atoms with Gasteiger partial charge in [0.25, 0.3) is 5.91 Å². The molecule has 92 valence electrons. The Labute approximate surface area is 102 Å². The third kappa shape index (κ3) is 3.22. The van der Waals surface area contributed by atoms with Crippen molar-refractivity contribution < 1.29 is 9.53 Å². The van der Waals surface area contributed by atoms with Gasteiger partial charge in [0, 0.05) is 0 Å². The Morgan fingerprint density at radius 1 is 1.24 bits per heavy atom. The monoisotopic (exact) mass is 233 g/mol. The summed E-state index contributed by atoms with van der Waals surface area (Å²) in [6.07, 6.45) is 6.41. The molecule has 2 rings (SSSR count). The third-order valence-corrected chi connectivity index (χ3v) is 3.35. The molecule has 0 spiro atoms. The molecule has 3 heteroatoms. The van der Waals surface area contributed by atoms with E-state index in [1.165, 1.54) is 32.1 Å². The quantitative estimate of drug-likeness (QED) is 0.869. The van der Waals surface area contributed by atoms with Crippen molar-refractivity contribution in [1.82, 2.24) is 0 Å². The van der Waals surface area contributed by atoms with E-state index in [9.17, 15) is 4.79 Å².